The zero-order chi connectivity index (χ0) is 22.8. The molecule has 0 saturated heterocycles. The number of carbonyl (C=O) groups is 2. The first-order chi connectivity index (χ1) is 15.6. The smallest absolute Gasteiger partial charge is 0.242 e. The van der Waals surface area contributed by atoms with Crippen molar-refractivity contribution in [1.29, 1.82) is 0 Å². The molecule has 0 aliphatic rings. The highest BCUT2D eigenvalue weighted by Crippen LogP contribution is 2.17. The van der Waals surface area contributed by atoms with Gasteiger partial charge >= 0.3 is 0 Å². The van der Waals surface area contributed by atoms with Gasteiger partial charge in [0.05, 0.1) is 6.54 Å². The summed E-state index contributed by atoms with van der Waals surface area (Å²) < 4.78 is 0. The molecule has 1 heterocycles. The highest BCUT2D eigenvalue weighted by molar-refractivity contribution is 7.09. The zero-order valence-electron chi connectivity index (χ0n) is 18.9. The first-order valence-corrected chi connectivity index (χ1v) is 12.1. The van der Waals surface area contributed by atoms with Gasteiger partial charge in [-0.25, -0.2) is 0 Å². The Balaban J connectivity index is 1.71. The van der Waals surface area contributed by atoms with E-state index in [2.05, 4.69) is 6.92 Å². The molecule has 2 aromatic carbocycles. The molecule has 1 atom stereocenters. The maximum atomic E-state index is 13.4. The van der Waals surface area contributed by atoms with Crippen LogP contribution in [0.15, 0.2) is 78.2 Å². The van der Waals surface area contributed by atoms with E-state index in [9.17, 15) is 9.59 Å². The standard InChI is InChI=1S/C27H32N2O2S/c1-3-22(2)29(26(30)17-16-23-11-6-4-7-12-23)21-27(31)28(20-25-15-10-18-32-25)19-24-13-8-5-9-14-24/h4-15,18,22H,3,16-17,19-21H2,1-2H3. The summed E-state index contributed by atoms with van der Waals surface area (Å²) in [5.41, 5.74) is 2.22. The van der Waals surface area contributed by atoms with Gasteiger partial charge in [0.1, 0.15) is 6.54 Å². The average molecular weight is 449 g/mol. The lowest BCUT2D eigenvalue weighted by Gasteiger charge is -2.31. The maximum absolute atomic E-state index is 13.4. The van der Waals surface area contributed by atoms with Gasteiger partial charge in [0, 0.05) is 23.9 Å². The second-order valence-corrected chi connectivity index (χ2v) is 9.11. The molecule has 0 saturated carbocycles. The van der Waals surface area contributed by atoms with Gasteiger partial charge in [-0.2, -0.15) is 0 Å². The number of nitrogens with zero attached hydrogens (tertiary/aromatic N) is 2. The fraction of sp³-hybridized carbons (Fsp3) is 0.333. The van der Waals surface area contributed by atoms with E-state index in [1.165, 1.54) is 0 Å². The third-order valence-electron chi connectivity index (χ3n) is 5.71. The topological polar surface area (TPSA) is 40.6 Å². The van der Waals surface area contributed by atoms with E-state index < -0.39 is 0 Å². The van der Waals surface area contributed by atoms with Crippen LogP contribution < -0.4 is 0 Å². The van der Waals surface area contributed by atoms with E-state index in [-0.39, 0.29) is 24.4 Å². The molecule has 4 nitrogen and oxygen atoms in total. The van der Waals surface area contributed by atoms with Crippen molar-refractivity contribution >= 4 is 23.2 Å². The zero-order valence-corrected chi connectivity index (χ0v) is 19.8. The number of thiophene rings is 1. The minimum atomic E-state index is -0.0179. The van der Waals surface area contributed by atoms with Crippen molar-refractivity contribution < 1.29 is 9.59 Å². The second-order valence-electron chi connectivity index (χ2n) is 8.08. The summed E-state index contributed by atoms with van der Waals surface area (Å²) >= 11 is 1.65. The molecule has 0 N–H and O–H groups in total. The van der Waals surface area contributed by atoms with Gasteiger partial charge in [-0.05, 0) is 42.3 Å². The molecule has 2 amide bonds. The van der Waals surface area contributed by atoms with E-state index in [4.69, 9.17) is 0 Å². The van der Waals surface area contributed by atoms with Gasteiger partial charge in [0.25, 0.3) is 0 Å². The molecular weight excluding hydrogens is 416 g/mol. The molecule has 3 rings (SSSR count). The number of amides is 2. The lowest BCUT2D eigenvalue weighted by atomic mass is 10.1. The Bertz CT molecular complexity index is 958. The molecule has 1 unspecified atom stereocenters. The molecule has 0 spiro atoms. The highest BCUT2D eigenvalue weighted by Gasteiger charge is 2.25. The summed E-state index contributed by atoms with van der Waals surface area (Å²) in [6.07, 6.45) is 1.91. The molecule has 5 heteroatoms. The number of hydrogen-bond acceptors (Lipinski definition) is 3. The molecule has 1 aromatic heterocycles. The van der Waals surface area contributed by atoms with Crippen molar-refractivity contribution in [3.63, 3.8) is 0 Å². The van der Waals surface area contributed by atoms with Crippen LogP contribution in [-0.2, 0) is 29.1 Å². The van der Waals surface area contributed by atoms with Gasteiger partial charge in [-0.1, -0.05) is 73.7 Å². The Morgan fingerprint density at radius 1 is 0.844 bits per heavy atom. The molecule has 0 radical (unpaired) electrons. The number of aryl methyl sites for hydroxylation is 1. The van der Waals surface area contributed by atoms with Crippen LogP contribution in [0.2, 0.25) is 0 Å². The molecular formula is C27H32N2O2S. The Kier molecular flexibility index (Phi) is 9.05. The summed E-state index contributed by atoms with van der Waals surface area (Å²) in [5, 5.41) is 2.03. The summed E-state index contributed by atoms with van der Waals surface area (Å²) in [4.78, 5) is 31.3. The Hall–Kier alpha value is -2.92. The first-order valence-electron chi connectivity index (χ1n) is 11.2. The minimum Gasteiger partial charge on any atom is -0.332 e. The third kappa shape index (κ3) is 7.06. The van der Waals surface area contributed by atoms with Crippen molar-refractivity contribution in [2.75, 3.05) is 6.54 Å². The average Bonchev–Trinajstić information content (AvgIpc) is 3.34. The molecule has 0 fully saturated rings. The summed E-state index contributed by atoms with van der Waals surface area (Å²) in [5.74, 6) is 0.0166. The van der Waals surface area contributed by atoms with Crippen LogP contribution in [0.3, 0.4) is 0 Å². The third-order valence-corrected chi connectivity index (χ3v) is 6.58. The van der Waals surface area contributed by atoms with Crippen molar-refractivity contribution in [2.45, 2.75) is 52.2 Å². The van der Waals surface area contributed by atoms with Crippen molar-refractivity contribution in [3.8, 4) is 0 Å². The van der Waals surface area contributed by atoms with E-state index in [1.807, 2.05) is 90.0 Å². The Morgan fingerprint density at radius 3 is 2.09 bits per heavy atom. The fourth-order valence-electron chi connectivity index (χ4n) is 3.62. The van der Waals surface area contributed by atoms with Gasteiger partial charge in [0.2, 0.25) is 11.8 Å². The largest absolute Gasteiger partial charge is 0.332 e. The van der Waals surface area contributed by atoms with Crippen LogP contribution >= 0.6 is 11.3 Å². The van der Waals surface area contributed by atoms with Crippen molar-refractivity contribution in [3.05, 3.63) is 94.2 Å². The fourth-order valence-corrected chi connectivity index (χ4v) is 4.34. The lowest BCUT2D eigenvalue weighted by Crippen LogP contribution is -2.46. The van der Waals surface area contributed by atoms with Crippen LogP contribution in [0.25, 0.3) is 0 Å². The van der Waals surface area contributed by atoms with Crippen molar-refractivity contribution in [1.82, 2.24) is 9.80 Å². The monoisotopic (exact) mass is 448 g/mol. The molecule has 168 valence electrons. The van der Waals surface area contributed by atoms with E-state index in [0.29, 0.717) is 25.9 Å². The van der Waals surface area contributed by atoms with Crippen LogP contribution in [0.5, 0.6) is 0 Å². The first kappa shape index (κ1) is 23.7. The second kappa shape index (κ2) is 12.2. The molecule has 0 aliphatic heterocycles. The number of benzene rings is 2. The quantitative estimate of drug-likeness (QED) is 0.387. The normalized spacial score (nSPS) is 11.7. The van der Waals surface area contributed by atoms with Gasteiger partial charge in [-0.3, -0.25) is 9.59 Å². The Morgan fingerprint density at radius 2 is 1.50 bits per heavy atom. The summed E-state index contributed by atoms with van der Waals surface area (Å²) in [6, 6.07) is 24.1. The van der Waals surface area contributed by atoms with Crippen LogP contribution in [-0.4, -0.2) is 34.2 Å². The van der Waals surface area contributed by atoms with E-state index in [0.717, 1.165) is 22.4 Å². The molecule has 0 bridgehead atoms. The summed E-state index contributed by atoms with van der Waals surface area (Å²) in [7, 11) is 0. The maximum Gasteiger partial charge on any atom is 0.242 e. The van der Waals surface area contributed by atoms with E-state index in [1.54, 1.807) is 16.2 Å². The lowest BCUT2D eigenvalue weighted by molar-refractivity contribution is -0.143. The van der Waals surface area contributed by atoms with Crippen LogP contribution in [0, 0.1) is 0 Å². The van der Waals surface area contributed by atoms with Crippen LogP contribution in [0.4, 0.5) is 0 Å². The minimum absolute atomic E-state index is 0.0162. The summed E-state index contributed by atoms with van der Waals surface area (Å²) in [6.45, 7) is 5.28. The van der Waals surface area contributed by atoms with Gasteiger partial charge < -0.3 is 9.80 Å². The van der Waals surface area contributed by atoms with Crippen molar-refractivity contribution in [2.24, 2.45) is 0 Å². The molecule has 0 aliphatic carbocycles. The predicted octanol–water partition coefficient (Wildman–Crippen LogP) is 5.54. The predicted molar refractivity (Wildman–Crippen MR) is 131 cm³/mol. The van der Waals surface area contributed by atoms with E-state index >= 15 is 0 Å². The van der Waals surface area contributed by atoms with Gasteiger partial charge in [-0.15, -0.1) is 11.3 Å². The number of hydrogen-bond donors (Lipinski definition) is 0. The molecule has 3 aromatic rings. The number of rotatable bonds is 11. The van der Waals surface area contributed by atoms with Gasteiger partial charge in [0.15, 0.2) is 0 Å². The SMILES string of the molecule is CCC(C)N(CC(=O)N(Cc1ccccc1)Cc1cccs1)C(=O)CCc1ccccc1. The molecule has 32 heavy (non-hydrogen) atoms. The van der Waals surface area contributed by atoms with Crippen LogP contribution in [0.1, 0.15) is 42.7 Å². The Labute approximate surface area is 195 Å². The number of carbonyl (C=O) groups excluding carboxylic acids is 2. The highest BCUT2D eigenvalue weighted by atomic mass is 32.1.